The van der Waals surface area contributed by atoms with Crippen LogP contribution in [0.25, 0.3) is 0 Å². The van der Waals surface area contributed by atoms with Crippen LogP contribution in [0.3, 0.4) is 0 Å². The second kappa shape index (κ2) is 11.0. The van der Waals surface area contributed by atoms with Gasteiger partial charge in [-0.05, 0) is 30.0 Å². The Kier molecular flexibility index (Phi) is 8.27. The second-order valence-electron chi connectivity index (χ2n) is 8.70. The summed E-state index contributed by atoms with van der Waals surface area (Å²) in [4.78, 5) is 24.9. The Labute approximate surface area is 220 Å². The van der Waals surface area contributed by atoms with Crippen molar-refractivity contribution in [3.8, 4) is 6.01 Å². The minimum Gasteiger partial charge on any atom is -0.463 e. The molecule has 190 valence electrons. The van der Waals surface area contributed by atoms with Gasteiger partial charge in [-0.3, -0.25) is 0 Å². The van der Waals surface area contributed by atoms with Gasteiger partial charge >= 0.3 is 12.0 Å². The predicted molar refractivity (Wildman–Crippen MR) is 135 cm³/mol. The summed E-state index contributed by atoms with van der Waals surface area (Å²) in [6, 6.07) is 5.71. The Hall–Kier alpha value is -1.85. The molecule has 2 saturated heterocycles. The number of amides is 2. The quantitative estimate of drug-likeness (QED) is 0.534. The van der Waals surface area contributed by atoms with E-state index in [0.717, 1.165) is 5.56 Å². The van der Waals surface area contributed by atoms with Crippen LogP contribution >= 0.6 is 34.8 Å². The van der Waals surface area contributed by atoms with Crippen LogP contribution in [0.15, 0.2) is 30.6 Å². The molecule has 0 N–H and O–H groups in total. The van der Waals surface area contributed by atoms with E-state index in [0.29, 0.717) is 67.4 Å². The summed E-state index contributed by atoms with van der Waals surface area (Å²) in [5, 5.41) is 1.37. The molecular weight excluding hydrogens is 537 g/mol. The van der Waals surface area contributed by atoms with E-state index in [1.165, 1.54) is 23.0 Å². The molecule has 2 atom stereocenters. The Bertz CT molecular complexity index is 1160. The lowest BCUT2D eigenvalue weighted by Gasteiger charge is -2.35. The third kappa shape index (κ3) is 6.48. The van der Waals surface area contributed by atoms with Crippen LogP contribution in [0.5, 0.6) is 6.01 Å². The lowest BCUT2D eigenvalue weighted by atomic mass is 9.87. The minimum atomic E-state index is -3.26. The van der Waals surface area contributed by atoms with Gasteiger partial charge in [0.05, 0.1) is 40.3 Å². The van der Waals surface area contributed by atoms with Gasteiger partial charge in [-0.15, -0.1) is 0 Å². The van der Waals surface area contributed by atoms with Crippen molar-refractivity contribution >= 4 is 50.9 Å². The summed E-state index contributed by atoms with van der Waals surface area (Å²) >= 11 is 18.2. The van der Waals surface area contributed by atoms with Crippen molar-refractivity contribution in [3.05, 3.63) is 51.2 Å². The van der Waals surface area contributed by atoms with Crippen molar-refractivity contribution in [2.75, 3.05) is 52.1 Å². The van der Waals surface area contributed by atoms with E-state index in [-0.39, 0.29) is 23.9 Å². The number of carbonyl (C=O) groups is 1. The molecule has 0 unspecified atom stereocenters. The third-order valence-corrected chi connectivity index (χ3v) is 8.62. The van der Waals surface area contributed by atoms with Crippen LogP contribution < -0.4 is 4.74 Å². The standard InChI is InChI=1S/C22H26Cl3N5O4S/c1-35(32,33)30-7-5-28(6-8-30)22(31)29-13-16(4-9-34-21-26-11-17(23)12-27-21)18(14-29)15-2-3-19(24)20(25)10-15/h2-3,10-12,16,18H,4-9,13-14H2,1H3/t16-,18-/m1/s1. The highest BCUT2D eigenvalue weighted by Crippen LogP contribution is 2.37. The molecule has 0 spiro atoms. The molecule has 2 aromatic rings. The molecule has 35 heavy (non-hydrogen) atoms. The first kappa shape index (κ1) is 26.2. The van der Waals surface area contributed by atoms with Crippen LogP contribution in [-0.2, 0) is 10.0 Å². The normalized spacial score (nSPS) is 21.4. The van der Waals surface area contributed by atoms with Crippen molar-refractivity contribution in [1.29, 1.82) is 0 Å². The largest absolute Gasteiger partial charge is 0.463 e. The van der Waals surface area contributed by atoms with Gasteiger partial charge in [0.25, 0.3) is 0 Å². The smallest absolute Gasteiger partial charge is 0.320 e. The second-order valence-corrected chi connectivity index (χ2v) is 11.9. The maximum absolute atomic E-state index is 13.3. The van der Waals surface area contributed by atoms with Gasteiger partial charge in [-0.25, -0.2) is 23.2 Å². The van der Waals surface area contributed by atoms with Crippen molar-refractivity contribution in [1.82, 2.24) is 24.1 Å². The number of piperazine rings is 1. The molecule has 0 bridgehead atoms. The van der Waals surface area contributed by atoms with Gasteiger partial charge in [0.2, 0.25) is 10.0 Å². The number of hydrogen-bond donors (Lipinski definition) is 0. The first-order valence-corrected chi connectivity index (χ1v) is 14.1. The molecule has 9 nitrogen and oxygen atoms in total. The maximum Gasteiger partial charge on any atom is 0.320 e. The third-order valence-electron chi connectivity index (χ3n) is 6.38. The Balaban J connectivity index is 1.44. The van der Waals surface area contributed by atoms with Crippen LogP contribution in [0.4, 0.5) is 4.79 Å². The number of rotatable bonds is 6. The molecule has 13 heteroatoms. The SMILES string of the molecule is CS(=O)(=O)N1CCN(C(=O)N2C[C@@H](CCOc3ncc(Cl)cn3)[C@@H](c3ccc(Cl)c(Cl)c3)C2)CC1. The maximum atomic E-state index is 13.3. The van der Waals surface area contributed by atoms with E-state index in [4.69, 9.17) is 39.5 Å². The van der Waals surface area contributed by atoms with E-state index < -0.39 is 10.0 Å². The van der Waals surface area contributed by atoms with E-state index in [2.05, 4.69) is 9.97 Å². The fourth-order valence-electron chi connectivity index (χ4n) is 4.53. The van der Waals surface area contributed by atoms with Crippen LogP contribution in [-0.4, -0.2) is 90.7 Å². The molecule has 2 aliphatic heterocycles. The lowest BCUT2D eigenvalue weighted by Crippen LogP contribution is -2.53. The number of hydrogen-bond acceptors (Lipinski definition) is 6. The van der Waals surface area contributed by atoms with Gasteiger partial charge in [0, 0.05) is 45.2 Å². The zero-order chi connectivity index (χ0) is 25.2. The van der Waals surface area contributed by atoms with E-state index in [1.54, 1.807) is 11.0 Å². The summed E-state index contributed by atoms with van der Waals surface area (Å²) in [6.45, 7) is 2.76. The zero-order valence-corrected chi connectivity index (χ0v) is 22.2. The zero-order valence-electron chi connectivity index (χ0n) is 19.1. The van der Waals surface area contributed by atoms with Gasteiger partial charge in [0.15, 0.2) is 0 Å². The van der Waals surface area contributed by atoms with Crippen molar-refractivity contribution in [3.63, 3.8) is 0 Å². The fourth-order valence-corrected chi connectivity index (χ4v) is 5.76. The number of carbonyl (C=O) groups excluding carboxylic acids is 1. The topological polar surface area (TPSA) is 95.9 Å². The number of benzene rings is 1. The van der Waals surface area contributed by atoms with E-state index in [1.807, 2.05) is 17.0 Å². The fraction of sp³-hybridized carbons (Fsp3) is 0.500. The van der Waals surface area contributed by atoms with Crippen LogP contribution in [0, 0.1) is 5.92 Å². The molecule has 4 rings (SSSR count). The number of ether oxygens (including phenoxy) is 1. The summed E-state index contributed by atoms with van der Waals surface area (Å²) in [5.74, 6) is 0.154. The number of sulfonamides is 1. The monoisotopic (exact) mass is 561 g/mol. The van der Waals surface area contributed by atoms with E-state index >= 15 is 0 Å². The summed E-state index contributed by atoms with van der Waals surface area (Å²) in [5.41, 5.74) is 1.00. The molecular formula is C22H26Cl3N5O4S. The molecule has 2 aliphatic rings. The highest BCUT2D eigenvalue weighted by molar-refractivity contribution is 7.88. The number of likely N-dealkylation sites (tertiary alicyclic amines) is 1. The first-order chi connectivity index (χ1) is 16.6. The molecule has 2 amide bonds. The molecule has 2 fully saturated rings. The average Bonchev–Trinajstić information content (AvgIpc) is 3.25. The van der Waals surface area contributed by atoms with Crippen molar-refractivity contribution < 1.29 is 17.9 Å². The van der Waals surface area contributed by atoms with Gasteiger partial charge < -0.3 is 14.5 Å². The Morgan fingerprint density at radius 2 is 1.71 bits per heavy atom. The number of aromatic nitrogens is 2. The number of halogens is 3. The van der Waals surface area contributed by atoms with Crippen LogP contribution in [0.2, 0.25) is 15.1 Å². The minimum absolute atomic E-state index is 0.0424. The molecule has 1 aromatic heterocycles. The highest BCUT2D eigenvalue weighted by atomic mass is 35.5. The van der Waals surface area contributed by atoms with Gasteiger partial charge in [-0.1, -0.05) is 40.9 Å². The average molecular weight is 563 g/mol. The van der Waals surface area contributed by atoms with Crippen molar-refractivity contribution in [2.45, 2.75) is 12.3 Å². The molecule has 1 aromatic carbocycles. The molecule has 0 aliphatic carbocycles. The lowest BCUT2D eigenvalue weighted by molar-refractivity contribution is 0.140. The summed E-state index contributed by atoms with van der Waals surface area (Å²) < 4.78 is 30.7. The number of nitrogens with zero attached hydrogens (tertiary/aromatic N) is 5. The van der Waals surface area contributed by atoms with E-state index in [9.17, 15) is 13.2 Å². The first-order valence-electron chi connectivity index (χ1n) is 11.2. The molecule has 3 heterocycles. The van der Waals surface area contributed by atoms with Crippen molar-refractivity contribution in [2.24, 2.45) is 5.92 Å². The molecule has 0 radical (unpaired) electrons. The number of urea groups is 1. The van der Waals surface area contributed by atoms with Gasteiger partial charge in [0.1, 0.15) is 0 Å². The van der Waals surface area contributed by atoms with Crippen LogP contribution in [0.1, 0.15) is 17.9 Å². The highest BCUT2D eigenvalue weighted by Gasteiger charge is 2.38. The Morgan fingerprint density at radius 3 is 2.34 bits per heavy atom. The summed E-state index contributed by atoms with van der Waals surface area (Å²) in [7, 11) is -3.26. The molecule has 0 saturated carbocycles. The summed E-state index contributed by atoms with van der Waals surface area (Å²) in [6.07, 6.45) is 4.81. The van der Waals surface area contributed by atoms with Gasteiger partial charge in [-0.2, -0.15) is 4.31 Å². The predicted octanol–water partition coefficient (Wildman–Crippen LogP) is 3.62. The Morgan fingerprint density at radius 1 is 1.03 bits per heavy atom.